The number of amides is 1. The van der Waals surface area contributed by atoms with Crippen LogP contribution < -0.4 is 0 Å². The Morgan fingerprint density at radius 1 is 1.56 bits per heavy atom. The van der Waals surface area contributed by atoms with Gasteiger partial charge in [-0.05, 0) is 20.8 Å². The average molecular weight is 225 g/mol. The number of ether oxygens (including phenoxy) is 1. The molecule has 1 rings (SSSR count). The summed E-state index contributed by atoms with van der Waals surface area (Å²) in [5.41, 5.74) is -0.290. The van der Waals surface area contributed by atoms with E-state index in [4.69, 9.17) is 4.74 Å². The summed E-state index contributed by atoms with van der Waals surface area (Å²) in [6.07, 6.45) is 3.40. The fourth-order valence-corrected chi connectivity index (χ4v) is 1.09. The molecule has 0 aliphatic carbocycles. The third kappa shape index (κ3) is 4.44. The van der Waals surface area contributed by atoms with Crippen LogP contribution in [0.2, 0.25) is 0 Å². The van der Waals surface area contributed by atoms with Crippen LogP contribution in [0.5, 0.6) is 0 Å². The molecule has 0 spiro atoms. The van der Waals surface area contributed by atoms with Gasteiger partial charge in [0.15, 0.2) is 0 Å². The lowest BCUT2D eigenvalue weighted by atomic mass is 10.2. The lowest BCUT2D eigenvalue weighted by Crippen LogP contribution is -2.33. The van der Waals surface area contributed by atoms with Gasteiger partial charge in [-0.25, -0.2) is 4.98 Å². The summed E-state index contributed by atoms with van der Waals surface area (Å²) in [6, 6.07) is 0. The van der Waals surface area contributed by atoms with Crippen molar-refractivity contribution in [3.05, 3.63) is 18.2 Å². The number of hydrogen-bond acceptors (Lipinski definition) is 3. The highest BCUT2D eigenvalue weighted by Crippen LogP contribution is 2.07. The predicted octanol–water partition coefficient (Wildman–Crippen LogP) is 1.18. The minimum atomic E-state index is -0.290. The Morgan fingerprint density at radius 2 is 2.25 bits per heavy atom. The third-order valence-corrected chi connectivity index (χ3v) is 2.00. The Bertz CT molecular complexity index is 327. The van der Waals surface area contributed by atoms with E-state index in [2.05, 4.69) is 9.97 Å². The third-order valence-electron chi connectivity index (χ3n) is 2.00. The number of aromatic nitrogens is 2. The molecule has 1 amide bonds. The number of likely N-dealkylation sites (N-methyl/N-ethyl adjacent to an activating group) is 1. The van der Waals surface area contributed by atoms with Gasteiger partial charge in [0.2, 0.25) is 5.91 Å². The second-order valence-electron chi connectivity index (χ2n) is 4.69. The standard InChI is InChI=1S/C11H19N3O2/c1-11(2,3)16-8-10(15)14(4)7-9-12-5-6-13-9/h5-6H,7-8H2,1-4H3,(H,12,13). The number of aromatic amines is 1. The maximum Gasteiger partial charge on any atom is 0.248 e. The Balaban J connectivity index is 2.37. The van der Waals surface area contributed by atoms with E-state index in [1.807, 2.05) is 20.8 Å². The van der Waals surface area contributed by atoms with Crippen LogP contribution >= 0.6 is 0 Å². The van der Waals surface area contributed by atoms with Crippen LogP contribution in [-0.4, -0.2) is 40.0 Å². The number of hydrogen-bond donors (Lipinski definition) is 1. The van der Waals surface area contributed by atoms with Crippen molar-refractivity contribution in [2.45, 2.75) is 32.9 Å². The molecule has 0 saturated heterocycles. The lowest BCUT2D eigenvalue weighted by Gasteiger charge is -2.22. The van der Waals surface area contributed by atoms with Crippen molar-refractivity contribution in [3.8, 4) is 0 Å². The smallest absolute Gasteiger partial charge is 0.248 e. The molecule has 0 atom stereocenters. The first-order valence-electron chi connectivity index (χ1n) is 5.24. The quantitative estimate of drug-likeness (QED) is 0.837. The minimum absolute atomic E-state index is 0.0497. The van der Waals surface area contributed by atoms with Crippen LogP contribution in [0.25, 0.3) is 0 Å². The van der Waals surface area contributed by atoms with Crippen LogP contribution in [-0.2, 0) is 16.1 Å². The molecule has 1 N–H and O–H groups in total. The highest BCUT2D eigenvalue weighted by Gasteiger charge is 2.16. The first-order valence-corrected chi connectivity index (χ1v) is 5.24. The van der Waals surface area contributed by atoms with E-state index < -0.39 is 0 Å². The fraction of sp³-hybridized carbons (Fsp3) is 0.636. The number of rotatable bonds is 4. The summed E-state index contributed by atoms with van der Waals surface area (Å²) >= 11 is 0. The number of nitrogens with zero attached hydrogens (tertiary/aromatic N) is 2. The normalized spacial score (nSPS) is 11.5. The molecule has 0 unspecified atom stereocenters. The topological polar surface area (TPSA) is 58.2 Å². The van der Waals surface area contributed by atoms with Gasteiger partial charge < -0.3 is 14.6 Å². The summed E-state index contributed by atoms with van der Waals surface area (Å²) in [6.45, 7) is 6.34. The van der Waals surface area contributed by atoms with E-state index in [0.29, 0.717) is 6.54 Å². The van der Waals surface area contributed by atoms with E-state index >= 15 is 0 Å². The predicted molar refractivity (Wildman–Crippen MR) is 60.8 cm³/mol. The van der Waals surface area contributed by atoms with Crippen molar-refractivity contribution in [2.24, 2.45) is 0 Å². The molecular weight excluding hydrogens is 206 g/mol. The maximum atomic E-state index is 11.7. The number of imidazole rings is 1. The highest BCUT2D eigenvalue weighted by atomic mass is 16.5. The van der Waals surface area contributed by atoms with Gasteiger partial charge in [-0.2, -0.15) is 0 Å². The molecule has 0 aliphatic heterocycles. The van der Waals surface area contributed by atoms with Crippen molar-refractivity contribution in [2.75, 3.05) is 13.7 Å². The molecule has 0 aliphatic rings. The average Bonchev–Trinajstić information content (AvgIpc) is 2.65. The molecule has 0 bridgehead atoms. The van der Waals surface area contributed by atoms with Gasteiger partial charge in [0.25, 0.3) is 0 Å². The summed E-state index contributed by atoms with van der Waals surface area (Å²) in [5.74, 6) is 0.720. The largest absolute Gasteiger partial charge is 0.366 e. The number of H-pyrrole nitrogens is 1. The minimum Gasteiger partial charge on any atom is -0.366 e. The second-order valence-corrected chi connectivity index (χ2v) is 4.69. The van der Waals surface area contributed by atoms with Crippen LogP contribution in [0.1, 0.15) is 26.6 Å². The van der Waals surface area contributed by atoms with Gasteiger partial charge >= 0.3 is 0 Å². The summed E-state index contributed by atoms with van der Waals surface area (Å²) in [4.78, 5) is 20.3. The summed E-state index contributed by atoms with van der Waals surface area (Å²) < 4.78 is 5.41. The van der Waals surface area contributed by atoms with Crippen molar-refractivity contribution >= 4 is 5.91 Å². The first kappa shape index (κ1) is 12.7. The Hall–Kier alpha value is -1.36. The van der Waals surface area contributed by atoms with Crippen LogP contribution in [0, 0.1) is 0 Å². The molecule has 16 heavy (non-hydrogen) atoms. The molecule has 0 fully saturated rings. The number of nitrogens with one attached hydrogen (secondary N) is 1. The molecule has 1 aromatic rings. The van der Waals surface area contributed by atoms with Crippen LogP contribution in [0.3, 0.4) is 0 Å². The second kappa shape index (κ2) is 5.12. The van der Waals surface area contributed by atoms with Gasteiger partial charge in [0, 0.05) is 19.4 Å². The molecule has 0 saturated carbocycles. The molecule has 0 radical (unpaired) electrons. The monoisotopic (exact) mass is 225 g/mol. The van der Waals surface area contributed by atoms with Gasteiger partial charge in [-0.1, -0.05) is 0 Å². The summed E-state index contributed by atoms with van der Waals surface area (Å²) in [7, 11) is 1.73. The lowest BCUT2D eigenvalue weighted by molar-refractivity contribution is -0.140. The highest BCUT2D eigenvalue weighted by molar-refractivity contribution is 5.77. The zero-order valence-electron chi connectivity index (χ0n) is 10.3. The van der Waals surface area contributed by atoms with E-state index in [0.717, 1.165) is 5.82 Å². The van der Waals surface area contributed by atoms with E-state index in [9.17, 15) is 4.79 Å². The molecule has 90 valence electrons. The SMILES string of the molecule is CN(Cc1ncc[nH]1)C(=O)COC(C)(C)C. The molecule has 5 heteroatoms. The van der Waals surface area contributed by atoms with Crippen molar-refractivity contribution in [1.29, 1.82) is 0 Å². The van der Waals surface area contributed by atoms with E-state index in [-0.39, 0.29) is 18.1 Å². The van der Waals surface area contributed by atoms with Crippen LogP contribution in [0.15, 0.2) is 12.4 Å². The van der Waals surface area contributed by atoms with Gasteiger partial charge in [0.1, 0.15) is 12.4 Å². The zero-order valence-corrected chi connectivity index (χ0v) is 10.3. The Morgan fingerprint density at radius 3 is 2.75 bits per heavy atom. The van der Waals surface area contributed by atoms with E-state index in [1.165, 1.54) is 0 Å². The van der Waals surface area contributed by atoms with Crippen LogP contribution in [0.4, 0.5) is 0 Å². The first-order chi connectivity index (χ1) is 7.38. The van der Waals surface area contributed by atoms with Crippen molar-refractivity contribution < 1.29 is 9.53 Å². The maximum absolute atomic E-state index is 11.7. The van der Waals surface area contributed by atoms with Gasteiger partial charge in [-0.3, -0.25) is 4.79 Å². The zero-order chi connectivity index (χ0) is 12.2. The molecule has 0 aromatic carbocycles. The molecular formula is C11H19N3O2. The fourth-order valence-electron chi connectivity index (χ4n) is 1.09. The van der Waals surface area contributed by atoms with Gasteiger partial charge in [-0.15, -0.1) is 0 Å². The number of carbonyl (C=O) groups is 1. The molecule has 5 nitrogen and oxygen atoms in total. The molecule has 1 heterocycles. The molecule has 1 aromatic heterocycles. The number of carbonyl (C=O) groups excluding carboxylic acids is 1. The summed E-state index contributed by atoms with van der Waals surface area (Å²) in [5, 5.41) is 0. The Labute approximate surface area is 95.8 Å². The van der Waals surface area contributed by atoms with Crippen molar-refractivity contribution in [1.82, 2.24) is 14.9 Å². The van der Waals surface area contributed by atoms with Gasteiger partial charge in [0.05, 0.1) is 12.1 Å². The Kier molecular flexibility index (Phi) is 4.06. The van der Waals surface area contributed by atoms with E-state index in [1.54, 1.807) is 24.3 Å². The van der Waals surface area contributed by atoms with Crippen molar-refractivity contribution in [3.63, 3.8) is 0 Å².